The molecule has 0 aliphatic rings. The van der Waals surface area contributed by atoms with Gasteiger partial charge in [-0.05, 0) is 37.3 Å². The van der Waals surface area contributed by atoms with Crippen LogP contribution in [-0.2, 0) is 11.0 Å². The average molecular weight is 390 g/mol. The normalized spacial score (nSPS) is 11.5. The van der Waals surface area contributed by atoms with Gasteiger partial charge in [-0.25, -0.2) is 0 Å². The Balaban J connectivity index is 2.32. The van der Waals surface area contributed by atoms with Crippen LogP contribution in [0.5, 0.6) is 11.5 Å². The number of methoxy groups -OCH3 is 1. The molecule has 8 heteroatoms. The zero-order chi connectivity index (χ0) is 20.7. The first-order valence-corrected chi connectivity index (χ1v) is 8.20. The zero-order valence-electron chi connectivity index (χ0n) is 15.1. The van der Waals surface area contributed by atoms with Gasteiger partial charge in [-0.3, -0.25) is 4.79 Å². The van der Waals surface area contributed by atoms with E-state index >= 15 is 0 Å². The van der Waals surface area contributed by atoms with E-state index in [-0.39, 0.29) is 11.3 Å². The number of nitriles is 1. The second kappa shape index (κ2) is 8.95. The number of carbonyl (C=O) groups is 1. The Bertz CT molecular complexity index is 931. The highest BCUT2D eigenvalue weighted by Gasteiger charge is 2.30. The molecule has 0 spiro atoms. The van der Waals surface area contributed by atoms with Crippen molar-refractivity contribution in [2.75, 3.05) is 19.0 Å². The summed E-state index contributed by atoms with van der Waals surface area (Å²) in [5.74, 6) is -0.0658. The molecule has 146 valence electrons. The van der Waals surface area contributed by atoms with Crippen LogP contribution < -0.4 is 14.8 Å². The molecule has 5 nitrogen and oxygen atoms in total. The molecule has 0 atom stereocenters. The lowest BCUT2D eigenvalue weighted by Gasteiger charge is -2.12. The molecule has 0 radical (unpaired) electrons. The van der Waals surface area contributed by atoms with E-state index in [1.165, 1.54) is 25.3 Å². The summed E-state index contributed by atoms with van der Waals surface area (Å²) in [4.78, 5) is 12.4. The van der Waals surface area contributed by atoms with Crippen molar-refractivity contribution >= 4 is 17.7 Å². The molecular weight excluding hydrogens is 373 g/mol. The molecule has 0 aromatic heterocycles. The molecule has 0 aliphatic heterocycles. The average Bonchev–Trinajstić information content (AvgIpc) is 2.66. The highest BCUT2D eigenvalue weighted by Crippen LogP contribution is 2.33. The smallest absolute Gasteiger partial charge is 0.416 e. The van der Waals surface area contributed by atoms with Crippen molar-refractivity contribution in [2.24, 2.45) is 0 Å². The van der Waals surface area contributed by atoms with Gasteiger partial charge in [0.15, 0.2) is 11.5 Å². The summed E-state index contributed by atoms with van der Waals surface area (Å²) in [6.07, 6.45) is -3.26. The summed E-state index contributed by atoms with van der Waals surface area (Å²) in [7, 11) is 1.42. The van der Waals surface area contributed by atoms with Crippen LogP contribution in [0.4, 0.5) is 18.9 Å². The third-order valence-corrected chi connectivity index (χ3v) is 3.63. The van der Waals surface area contributed by atoms with E-state index in [4.69, 9.17) is 9.47 Å². The van der Waals surface area contributed by atoms with E-state index in [0.29, 0.717) is 23.7 Å². The van der Waals surface area contributed by atoms with Crippen molar-refractivity contribution in [1.82, 2.24) is 0 Å². The first kappa shape index (κ1) is 20.8. The number of rotatable bonds is 6. The third-order valence-electron chi connectivity index (χ3n) is 3.63. The van der Waals surface area contributed by atoms with Crippen molar-refractivity contribution in [3.05, 3.63) is 59.2 Å². The van der Waals surface area contributed by atoms with Crippen molar-refractivity contribution in [3.8, 4) is 17.6 Å². The number of carbonyl (C=O) groups excluding carboxylic acids is 1. The Hall–Kier alpha value is -3.47. The lowest BCUT2D eigenvalue weighted by atomic mass is 10.1. The Kier molecular flexibility index (Phi) is 6.66. The largest absolute Gasteiger partial charge is 0.492 e. The van der Waals surface area contributed by atoms with Crippen LogP contribution in [0.25, 0.3) is 6.08 Å². The molecular formula is C20H17F3N2O3. The summed E-state index contributed by atoms with van der Waals surface area (Å²) >= 11 is 0. The summed E-state index contributed by atoms with van der Waals surface area (Å²) in [6.45, 7) is 2.19. The Labute approximate surface area is 160 Å². The topological polar surface area (TPSA) is 71.3 Å². The van der Waals surface area contributed by atoms with Gasteiger partial charge in [-0.15, -0.1) is 0 Å². The van der Waals surface area contributed by atoms with Gasteiger partial charge in [0.05, 0.1) is 19.3 Å². The van der Waals surface area contributed by atoms with E-state index in [9.17, 15) is 23.2 Å². The molecule has 0 unspecified atom stereocenters. The molecule has 0 aliphatic carbocycles. The minimum Gasteiger partial charge on any atom is -0.492 e. The van der Waals surface area contributed by atoms with E-state index < -0.39 is 17.6 Å². The number of hydrogen-bond acceptors (Lipinski definition) is 4. The number of nitrogens with one attached hydrogen (secondary N) is 1. The number of benzene rings is 2. The second-order valence-electron chi connectivity index (χ2n) is 5.51. The second-order valence-corrected chi connectivity index (χ2v) is 5.51. The van der Waals surface area contributed by atoms with Gasteiger partial charge in [0.1, 0.15) is 11.6 Å². The van der Waals surface area contributed by atoms with Gasteiger partial charge in [-0.2, -0.15) is 18.4 Å². The number of nitrogens with zero attached hydrogens (tertiary/aromatic N) is 1. The molecule has 28 heavy (non-hydrogen) atoms. The minimum atomic E-state index is -4.54. The van der Waals surface area contributed by atoms with Crippen molar-refractivity contribution in [2.45, 2.75) is 13.1 Å². The highest BCUT2D eigenvalue weighted by molar-refractivity contribution is 6.09. The van der Waals surface area contributed by atoms with Crippen LogP contribution in [-0.4, -0.2) is 19.6 Å². The molecule has 1 N–H and O–H groups in total. The minimum absolute atomic E-state index is 0.0731. The number of anilines is 1. The maximum atomic E-state index is 12.8. The number of halogens is 3. The van der Waals surface area contributed by atoms with Gasteiger partial charge < -0.3 is 14.8 Å². The summed E-state index contributed by atoms with van der Waals surface area (Å²) in [6, 6.07) is 10.9. The highest BCUT2D eigenvalue weighted by atomic mass is 19.4. The van der Waals surface area contributed by atoms with Crippen LogP contribution in [0.3, 0.4) is 0 Å². The fourth-order valence-corrected chi connectivity index (χ4v) is 2.41. The fourth-order valence-electron chi connectivity index (χ4n) is 2.41. The van der Waals surface area contributed by atoms with E-state index in [2.05, 4.69) is 5.32 Å². The van der Waals surface area contributed by atoms with Crippen LogP contribution >= 0.6 is 0 Å². The van der Waals surface area contributed by atoms with Crippen LogP contribution in [0.1, 0.15) is 18.1 Å². The van der Waals surface area contributed by atoms with Crippen LogP contribution in [0.15, 0.2) is 48.0 Å². The predicted octanol–water partition coefficient (Wildman–Crippen LogP) is 4.66. The summed E-state index contributed by atoms with van der Waals surface area (Å²) < 4.78 is 49.1. The SMILES string of the molecule is CCOc1cccc(/C=C(\C#N)C(=O)Nc2cccc(C(F)(F)F)c2)c1OC. The van der Waals surface area contributed by atoms with Gasteiger partial charge in [0.2, 0.25) is 0 Å². The first-order valence-electron chi connectivity index (χ1n) is 8.20. The number of amides is 1. The molecule has 2 aromatic carbocycles. The van der Waals surface area contributed by atoms with Gasteiger partial charge in [0, 0.05) is 11.3 Å². The molecule has 0 saturated heterocycles. The molecule has 1 amide bonds. The summed E-state index contributed by atoms with van der Waals surface area (Å²) in [5, 5.41) is 11.6. The number of para-hydroxylation sites is 1. The lowest BCUT2D eigenvalue weighted by Crippen LogP contribution is -2.14. The first-order chi connectivity index (χ1) is 13.3. The number of ether oxygens (including phenoxy) is 2. The Morgan fingerprint density at radius 1 is 1.25 bits per heavy atom. The standard InChI is InChI=1S/C20H17F3N2O3/c1-3-28-17-9-4-6-13(18(17)27-2)10-14(12-24)19(26)25-16-8-5-7-15(11-16)20(21,22)23/h4-11H,3H2,1-2H3,(H,25,26)/b14-10+. The molecule has 0 bridgehead atoms. The molecule has 0 fully saturated rings. The molecule has 0 heterocycles. The lowest BCUT2D eigenvalue weighted by molar-refractivity contribution is -0.137. The van der Waals surface area contributed by atoms with Crippen molar-refractivity contribution in [3.63, 3.8) is 0 Å². The van der Waals surface area contributed by atoms with Crippen LogP contribution in [0.2, 0.25) is 0 Å². The maximum absolute atomic E-state index is 12.8. The maximum Gasteiger partial charge on any atom is 0.416 e. The number of hydrogen-bond donors (Lipinski definition) is 1. The third kappa shape index (κ3) is 5.04. The fraction of sp³-hybridized carbons (Fsp3) is 0.200. The van der Waals surface area contributed by atoms with E-state index in [1.54, 1.807) is 31.2 Å². The zero-order valence-corrected chi connectivity index (χ0v) is 15.1. The van der Waals surface area contributed by atoms with Gasteiger partial charge in [0.25, 0.3) is 5.91 Å². The Morgan fingerprint density at radius 2 is 1.96 bits per heavy atom. The van der Waals surface area contributed by atoms with E-state index in [0.717, 1.165) is 12.1 Å². The molecule has 2 aromatic rings. The van der Waals surface area contributed by atoms with Crippen molar-refractivity contribution in [1.29, 1.82) is 5.26 Å². The monoisotopic (exact) mass is 390 g/mol. The van der Waals surface area contributed by atoms with Gasteiger partial charge in [-0.1, -0.05) is 18.2 Å². The summed E-state index contributed by atoms with van der Waals surface area (Å²) in [5.41, 5.74) is -0.858. The molecule has 2 rings (SSSR count). The predicted molar refractivity (Wildman–Crippen MR) is 97.8 cm³/mol. The van der Waals surface area contributed by atoms with Crippen LogP contribution in [0, 0.1) is 11.3 Å². The quantitative estimate of drug-likeness (QED) is 0.575. The van der Waals surface area contributed by atoms with E-state index in [1.807, 2.05) is 0 Å². The molecule has 0 saturated carbocycles. The number of alkyl halides is 3. The van der Waals surface area contributed by atoms with Crippen molar-refractivity contribution < 1.29 is 27.4 Å². The van der Waals surface area contributed by atoms with Gasteiger partial charge >= 0.3 is 6.18 Å². The Morgan fingerprint density at radius 3 is 2.57 bits per heavy atom.